The second-order valence-corrected chi connectivity index (χ2v) is 8.50. The van der Waals surface area contributed by atoms with Gasteiger partial charge in [0.05, 0.1) is 28.3 Å². The number of aromatic nitrogens is 1. The molecule has 0 saturated carbocycles. The molecule has 8 nitrogen and oxygen atoms in total. The molecule has 0 radical (unpaired) electrons. The maximum absolute atomic E-state index is 12.5. The molecule has 0 saturated heterocycles. The Kier molecular flexibility index (Phi) is 6.33. The topological polar surface area (TPSA) is 108 Å². The standard InChI is InChI=1S/C20H19ClN2O6S/c1-12-4-7-15(8-5-12)30(25,26)23-14-6-9-18(17(21)10-14)28-11-16-13(2)29-22-19(16)20(24)27-3/h4-10,23H,11H2,1-3H3. The molecule has 3 rings (SSSR count). The summed E-state index contributed by atoms with van der Waals surface area (Å²) in [4.78, 5) is 11.9. The molecule has 10 heteroatoms. The number of ether oxygens (including phenoxy) is 2. The van der Waals surface area contributed by atoms with Crippen molar-refractivity contribution in [3.63, 3.8) is 0 Å². The van der Waals surface area contributed by atoms with Crippen LogP contribution in [0.4, 0.5) is 5.69 Å². The van der Waals surface area contributed by atoms with Gasteiger partial charge in [-0.05, 0) is 44.2 Å². The van der Waals surface area contributed by atoms with E-state index in [4.69, 9.17) is 20.9 Å². The fourth-order valence-electron chi connectivity index (χ4n) is 2.58. The van der Waals surface area contributed by atoms with E-state index in [0.717, 1.165) is 5.56 Å². The summed E-state index contributed by atoms with van der Waals surface area (Å²) in [7, 11) is -2.51. The lowest BCUT2D eigenvalue weighted by molar-refractivity contribution is 0.0586. The van der Waals surface area contributed by atoms with Gasteiger partial charge < -0.3 is 14.0 Å². The van der Waals surface area contributed by atoms with Crippen LogP contribution in [0.3, 0.4) is 0 Å². The number of carbonyl (C=O) groups excluding carboxylic acids is 1. The zero-order chi connectivity index (χ0) is 21.9. The van der Waals surface area contributed by atoms with Crippen molar-refractivity contribution in [3.8, 4) is 5.75 Å². The van der Waals surface area contributed by atoms with E-state index >= 15 is 0 Å². The van der Waals surface area contributed by atoms with Crippen LogP contribution in [-0.4, -0.2) is 26.7 Å². The Balaban J connectivity index is 1.74. The fraction of sp³-hybridized carbons (Fsp3) is 0.200. The maximum Gasteiger partial charge on any atom is 0.360 e. The van der Waals surface area contributed by atoms with Gasteiger partial charge in [-0.15, -0.1) is 0 Å². The molecular formula is C20H19ClN2O6S. The molecule has 2 aromatic carbocycles. The summed E-state index contributed by atoms with van der Waals surface area (Å²) in [5, 5.41) is 3.86. The molecule has 0 fully saturated rings. The van der Waals surface area contributed by atoms with E-state index in [-0.39, 0.29) is 27.9 Å². The number of aryl methyl sites for hydroxylation is 2. The van der Waals surface area contributed by atoms with Crippen LogP contribution >= 0.6 is 11.6 Å². The highest BCUT2D eigenvalue weighted by Crippen LogP contribution is 2.30. The highest BCUT2D eigenvalue weighted by molar-refractivity contribution is 7.92. The SMILES string of the molecule is COC(=O)c1noc(C)c1COc1ccc(NS(=O)(=O)c2ccc(C)cc2)cc1Cl. The predicted octanol–water partition coefficient (Wildman–Crippen LogP) is 4.11. The summed E-state index contributed by atoms with van der Waals surface area (Å²) in [5.41, 5.74) is 1.69. The number of nitrogens with one attached hydrogen (secondary N) is 1. The van der Waals surface area contributed by atoms with Gasteiger partial charge >= 0.3 is 5.97 Å². The summed E-state index contributed by atoms with van der Waals surface area (Å²) in [6.07, 6.45) is 0. The summed E-state index contributed by atoms with van der Waals surface area (Å²) in [5.74, 6) is 0.0674. The van der Waals surface area contributed by atoms with Crippen molar-refractivity contribution < 1.29 is 27.2 Å². The van der Waals surface area contributed by atoms with Crippen LogP contribution in [-0.2, 0) is 21.4 Å². The summed E-state index contributed by atoms with van der Waals surface area (Å²) in [6.45, 7) is 3.48. The number of methoxy groups -OCH3 is 1. The monoisotopic (exact) mass is 450 g/mol. The average Bonchev–Trinajstić information content (AvgIpc) is 3.07. The number of anilines is 1. The second-order valence-electron chi connectivity index (χ2n) is 6.41. The molecule has 0 aliphatic heterocycles. The van der Waals surface area contributed by atoms with Gasteiger partial charge in [0.25, 0.3) is 10.0 Å². The molecule has 1 heterocycles. The zero-order valence-electron chi connectivity index (χ0n) is 16.4. The van der Waals surface area contributed by atoms with Gasteiger partial charge in [0.2, 0.25) is 0 Å². The Morgan fingerprint density at radius 2 is 1.87 bits per heavy atom. The largest absolute Gasteiger partial charge is 0.487 e. The lowest BCUT2D eigenvalue weighted by Gasteiger charge is -2.12. The first-order chi connectivity index (χ1) is 14.2. The molecule has 0 amide bonds. The number of benzene rings is 2. The molecule has 0 spiro atoms. The minimum atomic E-state index is -3.75. The van der Waals surface area contributed by atoms with Crippen molar-refractivity contribution in [2.45, 2.75) is 25.3 Å². The number of nitrogens with zero attached hydrogens (tertiary/aromatic N) is 1. The lowest BCUT2D eigenvalue weighted by Crippen LogP contribution is -2.13. The molecule has 3 aromatic rings. The molecule has 0 atom stereocenters. The number of hydrogen-bond acceptors (Lipinski definition) is 7. The number of esters is 1. The number of hydrogen-bond donors (Lipinski definition) is 1. The Labute approximate surface area is 178 Å². The molecular weight excluding hydrogens is 432 g/mol. The average molecular weight is 451 g/mol. The highest BCUT2D eigenvalue weighted by Gasteiger charge is 2.21. The van der Waals surface area contributed by atoms with E-state index in [2.05, 4.69) is 14.6 Å². The number of carbonyl (C=O) groups is 1. The summed E-state index contributed by atoms with van der Waals surface area (Å²) < 4.78 is 42.8. The first-order valence-corrected chi connectivity index (χ1v) is 10.6. The Morgan fingerprint density at radius 1 is 1.17 bits per heavy atom. The van der Waals surface area contributed by atoms with Crippen molar-refractivity contribution in [2.24, 2.45) is 0 Å². The Morgan fingerprint density at radius 3 is 2.50 bits per heavy atom. The molecule has 0 bridgehead atoms. The van der Waals surface area contributed by atoms with Crippen molar-refractivity contribution >= 4 is 33.3 Å². The van der Waals surface area contributed by atoms with Crippen molar-refractivity contribution in [1.29, 1.82) is 0 Å². The second kappa shape index (κ2) is 8.76. The van der Waals surface area contributed by atoms with Gasteiger partial charge in [-0.1, -0.05) is 34.5 Å². The van der Waals surface area contributed by atoms with E-state index < -0.39 is 16.0 Å². The maximum atomic E-state index is 12.5. The molecule has 30 heavy (non-hydrogen) atoms. The molecule has 1 aromatic heterocycles. The van der Waals surface area contributed by atoms with Crippen molar-refractivity contribution in [1.82, 2.24) is 5.16 Å². The molecule has 158 valence electrons. The van der Waals surface area contributed by atoms with Gasteiger partial charge in [0, 0.05) is 0 Å². The quantitative estimate of drug-likeness (QED) is 0.539. The van der Waals surface area contributed by atoms with Crippen LogP contribution in [0.15, 0.2) is 51.9 Å². The van der Waals surface area contributed by atoms with E-state index in [9.17, 15) is 13.2 Å². The summed E-state index contributed by atoms with van der Waals surface area (Å²) in [6, 6.07) is 11.0. The lowest BCUT2D eigenvalue weighted by atomic mass is 10.2. The van der Waals surface area contributed by atoms with Crippen LogP contribution in [0.1, 0.15) is 27.4 Å². The van der Waals surface area contributed by atoms with Gasteiger partial charge in [-0.3, -0.25) is 4.72 Å². The molecule has 0 aliphatic carbocycles. The van der Waals surface area contributed by atoms with Gasteiger partial charge in [-0.2, -0.15) is 0 Å². The van der Waals surface area contributed by atoms with E-state index in [0.29, 0.717) is 17.1 Å². The Hall–Kier alpha value is -3.04. The molecule has 0 aliphatic rings. The normalized spacial score (nSPS) is 11.2. The van der Waals surface area contributed by atoms with Gasteiger partial charge in [0.1, 0.15) is 18.1 Å². The summed E-state index contributed by atoms with van der Waals surface area (Å²) >= 11 is 6.24. The van der Waals surface area contributed by atoms with E-state index in [1.807, 2.05) is 6.92 Å². The third-order valence-electron chi connectivity index (χ3n) is 4.25. The van der Waals surface area contributed by atoms with E-state index in [1.54, 1.807) is 19.1 Å². The van der Waals surface area contributed by atoms with Crippen LogP contribution in [0, 0.1) is 13.8 Å². The smallest absolute Gasteiger partial charge is 0.360 e. The van der Waals surface area contributed by atoms with Crippen LogP contribution < -0.4 is 9.46 Å². The third kappa shape index (κ3) is 4.74. The predicted molar refractivity (Wildman–Crippen MR) is 110 cm³/mol. The minimum Gasteiger partial charge on any atom is -0.487 e. The van der Waals surface area contributed by atoms with Crippen LogP contribution in [0.5, 0.6) is 5.75 Å². The van der Waals surface area contributed by atoms with E-state index in [1.165, 1.54) is 37.4 Å². The fourth-order valence-corrected chi connectivity index (χ4v) is 3.87. The molecule has 0 unspecified atom stereocenters. The van der Waals surface area contributed by atoms with Gasteiger partial charge in [-0.25, -0.2) is 13.2 Å². The first-order valence-electron chi connectivity index (χ1n) is 8.76. The van der Waals surface area contributed by atoms with Crippen molar-refractivity contribution in [3.05, 3.63) is 70.1 Å². The zero-order valence-corrected chi connectivity index (χ0v) is 18.0. The third-order valence-corrected chi connectivity index (χ3v) is 5.94. The number of sulfonamides is 1. The minimum absolute atomic E-state index is 0.0219. The Bertz CT molecular complexity index is 1170. The van der Waals surface area contributed by atoms with Gasteiger partial charge in [0.15, 0.2) is 5.69 Å². The van der Waals surface area contributed by atoms with Crippen molar-refractivity contribution in [2.75, 3.05) is 11.8 Å². The first kappa shape index (κ1) is 21.7. The van der Waals surface area contributed by atoms with Crippen LogP contribution in [0.2, 0.25) is 5.02 Å². The number of rotatable bonds is 7. The van der Waals surface area contributed by atoms with Crippen LogP contribution in [0.25, 0.3) is 0 Å². The molecule has 1 N–H and O–H groups in total. The number of halogens is 1. The highest BCUT2D eigenvalue weighted by atomic mass is 35.5.